The van der Waals surface area contributed by atoms with Crippen LogP contribution >= 0.6 is 0 Å². The maximum atomic E-state index is 14.3. The Hall–Kier alpha value is -4.44. The molecule has 0 spiro atoms. The van der Waals surface area contributed by atoms with E-state index in [0.717, 1.165) is 22.3 Å². The second-order valence-electron chi connectivity index (χ2n) is 9.23. The molecule has 4 heteroatoms. The third-order valence-corrected chi connectivity index (χ3v) is 6.98. The summed E-state index contributed by atoms with van der Waals surface area (Å²) < 4.78 is 11.2. The van der Waals surface area contributed by atoms with Gasteiger partial charge in [0.15, 0.2) is 23.1 Å². The molecule has 0 aliphatic heterocycles. The summed E-state index contributed by atoms with van der Waals surface area (Å²) >= 11 is 0. The van der Waals surface area contributed by atoms with Crippen LogP contribution in [0.15, 0.2) is 103 Å². The Labute approximate surface area is 217 Å². The molecule has 0 radical (unpaired) electrons. The van der Waals surface area contributed by atoms with Crippen molar-refractivity contribution in [2.24, 2.45) is 0 Å². The predicted octanol–water partition coefficient (Wildman–Crippen LogP) is 7.04. The number of methoxy groups -OCH3 is 2. The fraction of sp³-hybridized carbons (Fsp3) is 0.152. The predicted molar refractivity (Wildman–Crippen MR) is 146 cm³/mol. The molecular weight excluding hydrogens is 460 g/mol. The number of allylic oxidation sites excluding steroid dienone is 1. The largest absolute Gasteiger partial charge is 0.493 e. The van der Waals surface area contributed by atoms with E-state index in [4.69, 9.17) is 9.47 Å². The standard InChI is InChI=1S/C33H28O4/c1-21-14-16-22(17-15-21)30-27(32(34)23-10-6-4-7-11-23)18-25-19-28(36-2)29(37-3)20-26(25)31(30)33(35)24-12-8-5-9-13-24/h4-20,30-31H,1-3H3/t30-,31-/m1/s1. The first-order valence-electron chi connectivity index (χ1n) is 12.2. The van der Waals surface area contributed by atoms with Crippen molar-refractivity contribution in [3.63, 3.8) is 0 Å². The highest BCUT2D eigenvalue weighted by molar-refractivity contribution is 6.15. The Balaban J connectivity index is 1.79. The van der Waals surface area contributed by atoms with Crippen LogP contribution in [-0.2, 0) is 0 Å². The summed E-state index contributed by atoms with van der Waals surface area (Å²) in [5, 5.41) is 0. The maximum absolute atomic E-state index is 14.3. The number of benzene rings is 4. The summed E-state index contributed by atoms with van der Waals surface area (Å²) in [5.74, 6) is -0.174. The zero-order valence-electron chi connectivity index (χ0n) is 21.1. The van der Waals surface area contributed by atoms with Crippen molar-refractivity contribution in [2.75, 3.05) is 14.2 Å². The molecule has 1 aliphatic rings. The van der Waals surface area contributed by atoms with Gasteiger partial charge in [0.25, 0.3) is 0 Å². The van der Waals surface area contributed by atoms with E-state index in [0.29, 0.717) is 28.2 Å². The Morgan fingerprint density at radius 2 is 1.27 bits per heavy atom. The van der Waals surface area contributed by atoms with E-state index in [1.54, 1.807) is 14.2 Å². The van der Waals surface area contributed by atoms with Crippen LogP contribution in [0.2, 0.25) is 0 Å². The molecule has 0 bridgehead atoms. The van der Waals surface area contributed by atoms with Gasteiger partial charge in [-0.05, 0) is 41.8 Å². The minimum Gasteiger partial charge on any atom is -0.493 e. The molecule has 0 unspecified atom stereocenters. The molecule has 0 amide bonds. The molecule has 1 aliphatic carbocycles. The highest BCUT2D eigenvalue weighted by Crippen LogP contribution is 2.49. The van der Waals surface area contributed by atoms with Crippen LogP contribution in [0, 0.1) is 6.92 Å². The number of rotatable bonds is 7. The van der Waals surface area contributed by atoms with Gasteiger partial charge in [-0.1, -0.05) is 90.5 Å². The molecule has 184 valence electrons. The van der Waals surface area contributed by atoms with Crippen molar-refractivity contribution in [3.8, 4) is 11.5 Å². The molecule has 0 fully saturated rings. The number of aryl methyl sites for hydroxylation is 1. The van der Waals surface area contributed by atoms with Crippen LogP contribution < -0.4 is 9.47 Å². The summed E-state index contributed by atoms with van der Waals surface area (Å²) in [4.78, 5) is 28.3. The summed E-state index contributed by atoms with van der Waals surface area (Å²) in [6.07, 6.45) is 1.91. The van der Waals surface area contributed by atoms with E-state index >= 15 is 0 Å². The number of Topliss-reactive ketones (excluding diaryl/α,β-unsaturated/α-hetero) is 2. The van der Waals surface area contributed by atoms with E-state index < -0.39 is 11.8 Å². The molecule has 5 rings (SSSR count). The van der Waals surface area contributed by atoms with Crippen molar-refractivity contribution in [1.82, 2.24) is 0 Å². The summed E-state index contributed by atoms with van der Waals surface area (Å²) in [6.45, 7) is 2.02. The van der Waals surface area contributed by atoms with Crippen LogP contribution in [0.4, 0.5) is 0 Å². The molecule has 0 aromatic heterocycles. The van der Waals surface area contributed by atoms with Crippen LogP contribution in [-0.4, -0.2) is 25.8 Å². The Morgan fingerprint density at radius 1 is 0.703 bits per heavy atom. The average Bonchev–Trinajstić information content (AvgIpc) is 2.96. The van der Waals surface area contributed by atoms with Crippen LogP contribution in [0.3, 0.4) is 0 Å². The lowest BCUT2D eigenvalue weighted by Gasteiger charge is -2.34. The van der Waals surface area contributed by atoms with Crippen molar-refractivity contribution < 1.29 is 19.1 Å². The molecule has 0 saturated carbocycles. The highest BCUT2D eigenvalue weighted by Gasteiger charge is 2.41. The van der Waals surface area contributed by atoms with Gasteiger partial charge in [0.1, 0.15) is 0 Å². The third-order valence-electron chi connectivity index (χ3n) is 6.98. The van der Waals surface area contributed by atoms with Crippen molar-refractivity contribution in [3.05, 3.63) is 136 Å². The molecule has 4 aromatic rings. The number of fused-ring (bicyclic) bond motifs is 1. The number of hydrogen-bond donors (Lipinski definition) is 0. The van der Waals surface area contributed by atoms with Gasteiger partial charge in [0.2, 0.25) is 0 Å². The lowest BCUT2D eigenvalue weighted by molar-refractivity contribution is 0.0944. The van der Waals surface area contributed by atoms with E-state index in [1.807, 2.05) is 110 Å². The molecule has 37 heavy (non-hydrogen) atoms. The van der Waals surface area contributed by atoms with Crippen molar-refractivity contribution >= 4 is 17.6 Å². The second kappa shape index (κ2) is 10.3. The van der Waals surface area contributed by atoms with Gasteiger partial charge in [-0.15, -0.1) is 0 Å². The molecule has 0 saturated heterocycles. The van der Waals surface area contributed by atoms with Gasteiger partial charge in [-0.2, -0.15) is 0 Å². The zero-order chi connectivity index (χ0) is 25.9. The van der Waals surface area contributed by atoms with Crippen LogP contribution in [0.5, 0.6) is 11.5 Å². The molecular formula is C33H28O4. The minimum atomic E-state index is -0.632. The Kier molecular flexibility index (Phi) is 6.74. The van der Waals surface area contributed by atoms with Gasteiger partial charge in [-0.3, -0.25) is 9.59 Å². The van der Waals surface area contributed by atoms with Gasteiger partial charge in [0.05, 0.1) is 20.1 Å². The molecule has 0 heterocycles. The first kappa shape index (κ1) is 24.3. The fourth-order valence-corrected chi connectivity index (χ4v) is 5.10. The van der Waals surface area contributed by atoms with E-state index in [1.165, 1.54) is 0 Å². The first-order valence-corrected chi connectivity index (χ1v) is 12.2. The molecule has 4 nitrogen and oxygen atoms in total. The smallest absolute Gasteiger partial charge is 0.189 e. The fourth-order valence-electron chi connectivity index (χ4n) is 5.10. The quantitative estimate of drug-likeness (QED) is 0.262. The van der Waals surface area contributed by atoms with E-state index in [-0.39, 0.29) is 11.6 Å². The number of carbonyl (C=O) groups excluding carboxylic acids is 2. The van der Waals surface area contributed by atoms with Crippen LogP contribution in [0.1, 0.15) is 54.8 Å². The summed E-state index contributed by atoms with van der Waals surface area (Å²) in [6, 6.07) is 30.3. The van der Waals surface area contributed by atoms with Gasteiger partial charge < -0.3 is 9.47 Å². The van der Waals surface area contributed by atoms with Gasteiger partial charge >= 0.3 is 0 Å². The first-order chi connectivity index (χ1) is 18.0. The van der Waals surface area contributed by atoms with Gasteiger partial charge in [0, 0.05) is 22.6 Å². The highest BCUT2D eigenvalue weighted by atomic mass is 16.5. The topological polar surface area (TPSA) is 52.6 Å². The number of hydrogen-bond acceptors (Lipinski definition) is 4. The number of carbonyl (C=O) groups is 2. The van der Waals surface area contributed by atoms with E-state index in [9.17, 15) is 9.59 Å². The number of ketones is 2. The number of ether oxygens (including phenoxy) is 2. The third kappa shape index (κ3) is 4.58. The molecule has 4 aromatic carbocycles. The lowest BCUT2D eigenvalue weighted by atomic mass is 9.67. The van der Waals surface area contributed by atoms with E-state index in [2.05, 4.69) is 0 Å². The Morgan fingerprint density at radius 3 is 1.86 bits per heavy atom. The zero-order valence-corrected chi connectivity index (χ0v) is 21.1. The van der Waals surface area contributed by atoms with Crippen LogP contribution in [0.25, 0.3) is 6.08 Å². The summed E-state index contributed by atoms with van der Waals surface area (Å²) in [5.41, 5.74) is 5.35. The van der Waals surface area contributed by atoms with Crippen molar-refractivity contribution in [1.29, 1.82) is 0 Å². The lowest BCUT2D eigenvalue weighted by Crippen LogP contribution is -2.28. The Bertz CT molecular complexity index is 1470. The molecule has 2 atom stereocenters. The SMILES string of the molecule is COc1cc2c(cc1OC)[C@@H](C(=O)c1ccccc1)[C@H](c1ccc(C)cc1)C(C(=O)c1ccccc1)=C2. The normalized spacial score (nSPS) is 16.4. The average molecular weight is 489 g/mol. The molecule has 0 N–H and O–H groups in total. The minimum absolute atomic E-state index is 0.0499. The second-order valence-corrected chi connectivity index (χ2v) is 9.23. The van der Waals surface area contributed by atoms with Gasteiger partial charge in [-0.25, -0.2) is 0 Å². The summed E-state index contributed by atoms with van der Waals surface area (Å²) in [7, 11) is 3.16. The maximum Gasteiger partial charge on any atom is 0.189 e. The van der Waals surface area contributed by atoms with Crippen molar-refractivity contribution in [2.45, 2.75) is 18.8 Å². The monoisotopic (exact) mass is 488 g/mol.